The normalized spacial score (nSPS) is 11.5. The first-order chi connectivity index (χ1) is 17.4. The average molecular weight is 501 g/mol. The fourth-order valence-corrected chi connectivity index (χ4v) is 5.54. The third-order valence-electron chi connectivity index (χ3n) is 5.91. The van der Waals surface area contributed by atoms with Gasteiger partial charge in [-0.3, -0.25) is 9.10 Å². The van der Waals surface area contributed by atoms with Crippen molar-refractivity contribution in [2.45, 2.75) is 11.8 Å². The van der Waals surface area contributed by atoms with Crippen molar-refractivity contribution in [3.8, 4) is 5.75 Å². The monoisotopic (exact) mass is 500 g/mol. The molecule has 0 saturated carbocycles. The summed E-state index contributed by atoms with van der Waals surface area (Å²) in [4.78, 5) is 13.2. The number of nitrogens with zero attached hydrogens (tertiary/aromatic N) is 1. The van der Waals surface area contributed by atoms with Crippen LogP contribution in [0.4, 0.5) is 11.4 Å². The van der Waals surface area contributed by atoms with Gasteiger partial charge in [-0.25, -0.2) is 8.42 Å². The molecular formula is C28H24N2O5S. The number of methoxy groups -OCH3 is 1. The van der Waals surface area contributed by atoms with E-state index in [2.05, 4.69) is 5.32 Å². The highest BCUT2D eigenvalue weighted by Gasteiger charge is 2.29. The topological polar surface area (TPSA) is 88.8 Å². The molecule has 0 fully saturated rings. The standard InChI is InChI=1S/C28H24N2O5S/c1-19-11-14-21(15-12-19)36(32,33)30(24-8-4-6-10-26(24)34-2)18-28(31)29-20-13-16-23-22-7-3-5-9-25(22)35-27(23)17-20/h3-17H,18H2,1-2H3,(H,29,31). The van der Waals surface area contributed by atoms with Gasteiger partial charge in [0.25, 0.3) is 10.0 Å². The Hall–Kier alpha value is -4.30. The summed E-state index contributed by atoms with van der Waals surface area (Å²) in [7, 11) is -2.61. The number of hydrogen-bond acceptors (Lipinski definition) is 5. The van der Waals surface area contributed by atoms with Crippen molar-refractivity contribution in [3.63, 3.8) is 0 Å². The van der Waals surface area contributed by atoms with Gasteiger partial charge in [0.05, 0.1) is 17.7 Å². The lowest BCUT2D eigenvalue weighted by Gasteiger charge is -2.25. The van der Waals surface area contributed by atoms with Crippen LogP contribution in [-0.4, -0.2) is 28.0 Å². The number of rotatable bonds is 7. The minimum absolute atomic E-state index is 0.0792. The van der Waals surface area contributed by atoms with Crippen molar-refractivity contribution in [1.82, 2.24) is 0 Å². The summed E-state index contributed by atoms with van der Waals surface area (Å²) in [6.07, 6.45) is 0. The Morgan fingerprint density at radius 3 is 2.36 bits per heavy atom. The molecule has 1 heterocycles. The number of benzene rings is 4. The molecule has 0 atom stereocenters. The van der Waals surface area contributed by atoms with Crippen LogP contribution in [0, 0.1) is 6.92 Å². The van der Waals surface area contributed by atoms with E-state index in [1.54, 1.807) is 48.5 Å². The highest BCUT2D eigenvalue weighted by molar-refractivity contribution is 7.92. The van der Waals surface area contributed by atoms with Crippen LogP contribution < -0.4 is 14.4 Å². The molecule has 0 unspecified atom stereocenters. The number of carbonyl (C=O) groups excluding carboxylic acids is 1. The molecule has 7 nitrogen and oxygen atoms in total. The van der Waals surface area contributed by atoms with Gasteiger partial charge in [0.15, 0.2) is 0 Å². The lowest BCUT2D eigenvalue weighted by molar-refractivity contribution is -0.114. The Labute approximate surface area is 209 Å². The van der Waals surface area contributed by atoms with E-state index in [9.17, 15) is 13.2 Å². The van der Waals surface area contributed by atoms with E-state index in [1.807, 2.05) is 37.3 Å². The van der Waals surface area contributed by atoms with Gasteiger partial charge < -0.3 is 14.5 Å². The molecule has 36 heavy (non-hydrogen) atoms. The molecule has 0 saturated heterocycles. The number of carbonyl (C=O) groups is 1. The van der Waals surface area contributed by atoms with Crippen LogP contribution in [0.25, 0.3) is 21.9 Å². The molecular weight excluding hydrogens is 476 g/mol. The molecule has 1 N–H and O–H groups in total. The Kier molecular flexibility index (Phi) is 6.12. The van der Waals surface area contributed by atoms with Crippen molar-refractivity contribution < 1.29 is 22.4 Å². The number of furan rings is 1. The van der Waals surface area contributed by atoms with Crippen LogP contribution in [0.5, 0.6) is 5.75 Å². The number of nitrogens with one attached hydrogen (secondary N) is 1. The molecule has 5 rings (SSSR count). The van der Waals surface area contributed by atoms with Crippen molar-refractivity contribution in [1.29, 1.82) is 0 Å². The number of amides is 1. The average Bonchev–Trinajstić information content (AvgIpc) is 3.25. The predicted molar refractivity (Wildman–Crippen MR) is 141 cm³/mol. The molecule has 0 spiro atoms. The zero-order chi connectivity index (χ0) is 25.3. The molecule has 182 valence electrons. The number of aryl methyl sites for hydroxylation is 1. The lowest BCUT2D eigenvalue weighted by atomic mass is 10.1. The van der Waals surface area contributed by atoms with Crippen molar-refractivity contribution in [2.24, 2.45) is 0 Å². The summed E-state index contributed by atoms with van der Waals surface area (Å²) in [5, 5.41) is 4.72. The first-order valence-corrected chi connectivity index (χ1v) is 12.7. The van der Waals surface area contributed by atoms with Crippen molar-refractivity contribution in [2.75, 3.05) is 23.3 Å². The molecule has 1 amide bonds. The third-order valence-corrected chi connectivity index (χ3v) is 7.69. The first kappa shape index (κ1) is 23.4. The maximum atomic E-state index is 13.6. The van der Waals surface area contributed by atoms with Crippen molar-refractivity contribution in [3.05, 3.63) is 96.6 Å². The summed E-state index contributed by atoms with van der Waals surface area (Å²) in [5.74, 6) is -0.170. The Bertz CT molecular complexity index is 1670. The number of anilines is 2. The fraction of sp³-hybridized carbons (Fsp3) is 0.107. The zero-order valence-corrected chi connectivity index (χ0v) is 20.6. The van der Waals surface area contributed by atoms with Crippen molar-refractivity contribution >= 4 is 49.2 Å². The molecule has 5 aromatic rings. The number of hydrogen-bond donors (Lipinski definition) is 1. The molecule has 4 aromatic carbocycles. The SMILES string of the molecule is COc1ccccc1N(CC(=O)Nc1ccc2c(c1)oc1ccccc12)S(=O)(=O)c1ccc(C)cc1. The highest BCUT2D eigenvalue weighted by atomic mass is 32.2. The van der Waals surface area contributed by atoms with E-state index in [-0.39, 0.29) is 10.6 Å². The van der Waals surface area contributed by atoms with Crippen LogP contribution in [0.15, 0.2) is 100 Å². The predicted octanol–water partition coefficient (Wildman–Crippen LogP) is 5.74. The molecule has 0 bridgehead atoms. The van der Waals surface area contributed by atoms with Gasteiger partial charge >= 0.3 is 0 Å². The van der Waals surface area contributed by atoms with E-state index in [4.69, 9.17) is 9.15 Å². The van der Waals surface area contributed by atoms with Gasteiger partial charge in [-0.1, -0.05) is 48.0 Å². The van der Waals surface area contributed by atoms with Gasteiger partial charge in [-0.05, 0) is 49.4 Å². The van der Waals surface area contributed by atoms with Crippen LogP contribution in [-0.2, 0) is 14.8 Å². The van der Waals surface area contributed by atoms with Gasteiger partial charge in [-0.2, -0.15) is 0 Å². The maximum Gasteiger partial charge on any atom is 0.264 e. The maximum absolute atomic E-state index is 13.6. The Balaban J connectivity index is 1.47. The first-order valence-electron chi connectivity index (χ1n) is 11.3. The summed E-state index contributed by atoms with van der Waals surface area (Å²) in [6, 6.07) is 26.3. The van der Waals surface area contributed by atoms with Crippen LogP contribution in [0.2, 0.25) is 0 Å². The summed E-state index contributed by atoms with van der Waals surface area (Å²) in [6.45, 7) is 1.43. The van der Waals surface area contributed by atoms with E-state index >= 15 is 0 Å². The van der Waals surface area contributed by atoms with Gasteiger partial charge in [-0.15, -0.1) is 0 Å². The Morgan fingerprint density at radius 2 is 1.58 bits per heavy atom. The number of ether oxygens (including phenoxy) is 1. The number of sulfonamides is 1. The molecule has 0 radical (unpaired) electrons. The van der Waals surface area contributed by atoms with Gasteiger partial charge in [0.1, 0.15) is 23.5 Å². The summed E-state index contributed by atoms with van der Waals surface area (Å²) >= 11 is 0. The molecule has 8 heteroatoms. The lowest BCUT2D eigenvalue weighted by Crippen LogP contribution is -2.38. The van der Waals surface area contributed by atoms with Crippen LogP contribution in [0.3, 0.4) is 0 Å². The minimum atomic E-state index is -4.07. The highest BCUT2D eigenvalue weighted by Crippen LogP contribution is 2.33. The minimum Gasteiger partial charge on any atom is -0.495 e. The second-order valence-corrected chi connectivity index (χ2v) is 10.2. The second kappa shape index (κ2) is 9.39. The van der Waals surface area contributed by atoms with E-state index < -0.39 is 22.5 Å². The molecule has 0 aliphatic rings. The quantitative estimate of drug-likeness (QED) is 0.308. The van der Waals surface area contributed by atoms with E-state index in [0.29, 0.717) is 17.0 Å². The Morgan fingerprint density at radius 1 is 0.889 bits per heavy atom. The molecule has 1 aromatic heterocycles. The number of fused-ring (bicyclic) bond motifs is 3. The molecule has 0 aliphatic carbocycles. The van der Waals surface area contributed by atoms with E-state index in [0.717, 1.165) is 26.2 Å². The van der Waals surface area contributed by atoms with E-state index in [1.165, 1.54) is 19.2 Å². The van der Waals surface area contributed by atoms with Gasteiger partial charge in [0, 0.05) is 22.5 Å². The number of para-hydroxylation sites is 3. The van der Waals surface area contributed by atoms with Crippen LogP contribution >= 0.6 is 0 Å². The summed E-state index contributed by atoms with van der Waals surface area (Å²) in [5.41, 5.74) is 3.07. The summed E-state index contributed by atoms with van der Waals surface area (Å²) < 4.78 is 39.7. The fourth-order valence-electron chi connectivity index (χ4n) is 4.11. The second-order valence-electron chi connectivity index (χ2n) is 8.35. The third kappa shape index (κ3) is 4.38. The van der Waals surface area contributed by atoms with Gasteiger partial charge in [0.2, 0.25) is 5.91 Å². The smallest absolute Gasteiger partial charge is 0.264 e. The molecule has 0 aliphatic heterocycles. The largest absolute Gasteiger partial charge is 0.495 e. The van der Waals surface area contributed by atoms with Crippen LogP contribution in [0.1, 0.15) is 5.56 Å². The zero-order valence-electron chi connectivity index (χ0n) is 19.8.